The molecule has 4 aromatic rings. The fourth-order valence-electron chi connectivity index (χ4n) is 3.40. The highest BCUT2D eigenvalue weighted by atomic mass is 16.5. The zero-order valence-electron chi connectivity index (χ0n) is 19.3. The minimum Gasteiger partial charge on any atom is -0.495 e. The topological polar surface area (TPSA) is 119 Å². The van der Waals surface area contributed by atoms with Crippen LogP contribution in [-0.4, -0.2) is 50.9 Å². The van der Waals surface area contributed by atoms with Crippen molar-refractivity contribution in [3.8, 4) is 22.8 Å². The smallest absolute Gasteiger partial charge is 0.251 e. The van der Waals surface area contributed by atoms with Gasteiger partial charge in [0, 0.05) is 43.2 Å². The van der Waals surface area contributed by atoms with E-state index in [9.17, 15) is 4.79 Å². The largest absolute Gasteiger partial charge is 0.495 e. The Hall–Kier alpha value is -4.08. The Morgan fingerprint density at radius 1 is 1.30 bits per heavy atom. The van der Waals surface area contributed by atoms with Crippen LogP contribution in [0.25, 0.3) is 22.2 Å². The highest BCUT2D eigenvalue weighted by Crippen LogP contribution is 2.36. The van der Waals surface area contributed by atoms with Crippen molar-refractivity contribution in [3.63, 3.8) is 0 Å². The average molecular weight is 450 g/mol. The van der Waals surface area contributed by atoms with E-state index in [1.54, 1.807) is 43.2 Å². The number of anilines is 2. The van der Waals surface area contributed by atoms with Crippen LogP contribution in [0.4, 0.5) is 11.6 Å². The molecular weight excluding hydrogens is 422 g/mol. The van der Waals surface area contributed by atoms with Crippen molar-refractivity contribution in [1.29, 1.82) is 0 Å². The molecule has 10 heteroatoms. The number of amides is 1. The molecule has 3 aromatic heterocycles. The second kappa shape index (κ2) is 9.19. The molecule has 1 unspecified atom stereocenters. The van der Waals surface area contributed by atoms with Gasteiger partial charge in [-0.15, -0.1) is 0 Å². The molecule has 3 heterocycles. The van der Waals surface area contributed by atoms with E-state index < -0.39 is 0 Å². The third-order valence-corrected chi connectivity index (χ3v) is 5.34. The first-order chi connectivity index (χ1) is 15.9. The van der Waals surface area contributed by atoms with Crippen LogP contribution in [0.15, 0.2) is 36.8 Å². The fraction of sp³-hybridized carbons (Fsp3) is 0.304. The minimum atomic E-state index is -0.198. The molecule has 0 aliphatic carbocycles. The van der Waals surface area contributed by atoms with Crippen LogP contribution in [0.3, 0.4) is 0 Å². The number of rotatable bonds is 8. The van der Waals surface area contributed by atoms with Crippen LogP contribution in [0.2, 0.25) is 0 Å². The number of aromatic nitrogens is 5. The van der Waals surface area contributed by atoms with E-state index in [0.717, 1.165) is 22.9 Å². The molecule has 4 rings (SSSR count). The summed E-state index contributed by atoms with van der Waals surface area (Å²) in [6.45, 7) is 4.05. The summed E-state index contributed by atoms with van der Waals surface area (Å²) >= 11 is 0. The van der Waals surface area contributed by atoms with E-state index in [1.807, 2.05) is 26.4 Å². The predicted octanol–water partition coefficient (Wildman–Crippen LogP) is 3.65. The van der Waals surface area contributed by atoms with Crippen molar-refractivity contribution < 1.29 is 14.3 Å². The van der Waals surface area contributed by atoms with Gasteiger partial charge in [-0.05, 0) is 31.5 Å². The maximum Gasteiger partial charge on any atom is 0.251 e. The summed E-state index contributed by atoms with van der Waals surface area (Å²) in [6.07, 6.45) is 6.40. The minimum absolute atomic E-state index is 0.0334. The second-order valence-corrected chi connectivity index (χ2v) is 7.64. The number of carbonyl (C=O) groups is 1. The van der Waals surface area contributed by atoms with Crippen LogP contribution in [0.5, 0.6) is 11.6 Å². The predicted molar refractivity (Wildman–Crippen MR) is 126 cm³/mol. The van der Waals surface area contributed by atoms with Crippen LogP contribution in [-0.2, 0) is 7.05 Å². The number of ether oxygens (including phenoxy) is 2. The summed E-state index contributed by atoms with van der Waals surface area (Å²) in [5, 5.41) is 10.9. The highest BCUT2D eigenvalue weighted by Gasteiger charge is 2.19. The summed E-state index contributed by atoms with van der Waals surface area (Å²) in [5.41, 5.74) is 3.59. The lowest BCUT2D eigenvalue weighted by Gasteiger charge is -2.15. The number of benzene rings is 1. The molecule has 1 atom stereocenters. The van der Waals surface area contributed by atoms with Gasteiger partial charge in [0.25, 0.3) is 5.91 Å². The summed E-state index contributed by atoms with van der Waals surface area (Å²) in [7, 11) is 5.00. The van der Waals surface area contributed by atoms with Gasteiger partial charge in [-0.25, -0.2) is 0 Å². The number of hydrogen-bond donors (Lipinski definition) is 3. The number of aryl methyl sites for hydroxylation is 1. The molecular formula is C23H27N7O3. The number of hydrogen-bond acceptors (Lipinski definition) is 7. The molecule has 1 amide bonds. The molecule has 10 nitrogen and oxygen atoms in total. The number of nitrogens with one attached hydrogen (secondary N) is 3. The van der Waals surface area contributed by atoms with Crippen LogP contribution in [0, 0.1) is 0 Å². The highest BCUT2D eigenvalue weighted by molar-refractivity contribution is 5.98. The van der Waals surface area contributed by atoms with Gasteiger partial charge in [0.2, 0.25) is 11.8 Å². The van der Waals surface area contributed by atoms with Crippen LogP contribution < -0.4 is 20.1 Å². The van der Waals surface area contributed by atoms with E-state index >= 15 is 0 Å². The van der Waals surface area contributed by atoms with Gasteiger partial charge in [-0.2, -0.15) is 15.1 Å². The number of fused-ring (bicyclic) bond motifs is 1. The Labute approximate surface area is 191 Å². The summed E-state index contributed by atoms with van der Waals surface area (Å²) < 4.78 is 13.4. The second-order valence-electron chi connectivity index (χ2n) is 7.64. The van der Waals surface area contributed by atoms with Crippen molar-refractivity contribution in [2.45, 2.75) is 26.4 Å². The SMILES string of the molecule is CCC(C)Oc1nc(Nc2ccc(C(=O)NC)cc2OC)nc2[nH]cc(-c3cnn(C)c3)c12. The third-order valence-electron chi connectivity index (χ3n) is 5.34. The van der Waals surface area contributed by atoms with Crippen molar-refractivity contribution >= 4 is 28.6 Å². The molecule has 0 bridgehead atoms. The van der Waals surface area contributed by atoms with Gasteiger partial charge in [-0.3, -0.25) is 9.48 Å². The molecule has 0 fully saturated rings. The maximum atomic E-state index is 12.0. The van der Waals surface area contributed by atoms with Gasteiger partial charge in [-0.1, -0.05) is 6.92 Å². The standard InChI is InChI=1S/C23H27N7O3/c1-6-13(2)33-22-19-16(15-10-26-30(4)12-15)11-25-20(19)28-23(29-22)27-17-8-7-14(21(31)24-3)9-18(17)32-5/h7-13H,6H2,1-5H3,(H,24,31)(H2,25,27,28,29). The number of aromatic amines is 1. The molecule has 0 saturated carbocycles. The van der Waals surface area contributed by atoms with Crippen molar-refractivity contribution in [1.82, 2.24) is 30.0 Å². The molecule has 0 radical (unpaired) electrons. The lowest BCUT2D eigenvalue weighted by atomic mass is 10.1. The van der Waals surface area contributed by atoms with Crippen molar-refractivity contribution in [3.05, 3.63) is 42.4 Å². The molecule has 172 valence electrons. The lowest BCUT2D eigenvalue weighted by Crippen LogP contribution is -2.17. The van der Waals surface area contributed by atoms with E-state index in [2.05, 4.69) is 37.6 Å². The molecule has 3 N–H and O–H groups in total. The first kappa shape index (κ1) is 22.1. The van der Waals surface area contributed by atoms with Crippen molar-refractivity contribution in [2.24, 2.45) is 7.05 Å². The van der Waals surface area contributed by atoms with Gasteiger partial charge in [0.05, 0.1) is 30.5 Å². The van der Waals surface area contributed by atoms with Gasteiger partial charge < -0.3 is 25.1 Å². The Balaban J connectivity index is 1.77. The van der Waals surface area contributed by atoms with E-state index in [0.29, 0.717) is 34.5 Å². The Kier molecular flexibility index (Phi) is 6.16. The Morgan fingerprint density at radius 2 is 2.12 bits per heavy atom. The first-order valence-corrected chi connectivity index (χ1v) is 10.6. The number of methoxy groups -OCH3 is 1. The molecule has 0 aliphatic heterocycles. The van der Waals surface area contributed by atoms with E-state index in [4.69, 9.17) is 9.47 Å². The molecule has 0 saturated heterocycles. The average Bonchev–Trinajstić information content (AvgIpc) is 3.44. The van der Waals surface area contributed by atoms with Crippen LogP contribution >= 0.6 is 0 Å². The van der Waals surface area contributed by atoms with E-state index in [1.165, 1.54) is 0 Å². The molecule has 1 aromatic carbocycles. The van der Waals surface area contributed by atoms with Gasteiger partial charge in [0.1, 0.15) is 11.4 Å². The fourth-order valence-corrected chi connectivity index (χ4v) is 3.40. The molecule has 0 spiro atoms. The number of H-pyrrole nitrogens is 1. The number of carbonyl (C=O) groups excluding carboxylic acids is 1. The lowest BCUT2D eigenvalue weighted by molar-refractivity contribution is 0.0962. The molecule has 0 aliphatic rings. The Morgan fingerprint density at radius 3 is 2.79 bits per heavy atom. The molecule has 33 heavy (non-hydrogen) atoms. The summed E-state index contributed by atoms with van der Waals surface area (Å²) in [4.78, 5) is 24.5. The van der Waals surface area contributed by atoms with Gasteiger partial charge in [0.15, 0.2) is 0 Å². The van der Waals surface area contributed by atoms with Crippen molar-refractivity contribution in [2.75, 3.05) is 19.5 Å². The third kappa shape index (κ3) is 4.45. The monoisotopic (exact) mass is 449 g/mol. The first-order valence-electron chi connectivity index (χ1n) is 10.6. The summed E-state index contributed by atoms with van der Waals surface area (Å²) in [5.74, 6) is 1.10. The zero-order valence-corrected chi connectivity index (χ0v) is 19.3. The quantitative estimate of drug-likeness (QED) is 0.376. The Bertz CT molecular complexity index is 1290. The van der Waals surface area contributed by atoms with Gasteiger partial charge >= 0.3 is 0 Å². The van der Waals surface area contributed by atoms with E-state index in [-0.39, 0.29) is 12.0 Å². The zero-order chi connectivity index (χ0) is 23.5. The number of nitrogens with zero attached hydrogens (tertiary/aromatic N) is 4. The summed E-state index contributed by atoms with van der Waals surface area (Å²) in [6, 6.07) is 5.11. The normalized spacial score (nSPS) is 11.9. The van der Waals surface area contributed by atoms with Crippen LogP contribution in [0.1, 0.15) is 30.6 Å². The maximum absolute atomic E-state index is 12.0.